The Morgan fingerprint density at radius 1 is 1.37 bits per heavy atom. The Bertz CT molecular complexity index is 1290. The summed E-state index contributed by atoms with van der Waals surface area (Å²) in [6.45, 7) is 2.79. The molecule has 0 saturated heterocycles. The van der Waals surface area contributed by atoms with Crippen molar-refractivity contribution >= 4 is 28.4 Å². The zero-order valence-corrected chi connectivity index (χ0v) is 16.7. The summed E-state index contributed by atoms with van der Waals surface area (Å²) in [5, 5.41) is 3.04. The van der Waals surface area contributed by atoms with E-state index in [9.17, 15) is 9.59 Å². The number of pyridine rings is 2. The lowest BCUT2D eigenvalue weighted by Crippen LogP contribution is -2.43. The Morgan fingerprint density at radius 3 is 2.93 bits per heavy atom. The van der Waals surface area contributed by atoms with Gasteiger partial charge < -0.3 is 20.2 Å². The summed E-state index contributed by atoms with van der Waals surface area (Å²) in [6, 6.07) is 8.71. The monoisotopic (exact) mass is 408 g/mol. The number of aromatic nitrogens is 3. The van der Waals surface area contributed by atoms with Crippen LogP contribution in [0.1, 0.15) is 21.7 Å². The minimum Gasteiger partial charge on any atom is -0.466 e. The first-order chi connectivity index (χ1) is 14.5. The molecule has 0 aromatic carbocycles. The molecule has 3 N–H and O–H groups in total. The minimum absolute atomic E-state index is 0.191. The topological polar surface area (TPSA) is 116 Å². The quantitative estimate of drug-likeness (QED) is 0.280. The molecule has 0 radical (unpaired) electrons. The second-order valence-electron chi connectivity index (χ2n) is 6.90. The number of carbonyl (C=O) groups is 1. The van der Waals surface area contributed by atoms with Crippen LogP contribution in [0, 0.1) is 6.92 Å². The normalized spacial score (nSPS) is 11.3. The van der Waals surface area contributed by atoms with Crippen molar-refractivity contribution in [2.24, 2.45) is 0 Å². The fourth-order valence-corrected chi connectivity index (χ4v) is 3.37. The minimum atomic E-state index is -0.395. The van der Waals surface area contributed by atoms with Crippen LogP contribution in [0.4, 0.5) is 5.82 Å². The molecule has 0 spiro atoms. The van der Waals surface area contributed by atoms with Crippen LogP contribution in [-0.2, 0) is 11.3 Å². The number of anilines is 1. The second-order valence-corrected chi connectivity index (χ2v) is 6.90. The molecule has 0 aliphatic heterocycles. The number of ether oxygens (including phenoxy) is 1. The van der Waals surface area contributed by atoms with E-state index in [0.717, 1.165) is 5.56 Å². The van der Waals surface area contributed by atoms with E-state index in [1.165, 1.54) is 10.5 Å². The molecule has 0 aliphatic carbocycles. The zero-order chi connectivity index (χ0) is 21.3. The van der Waals surface area contributed by atoms with Gasteiger partial charge in [0, 0.05) is 25.4 Å². The maximum atomic E-state index is 13.2. The highest BCUT2D eigenvalue weighted by Crippen LogP contribution is 2.16. The smallest absolute Gasteiger partial charge is 0.278 e. The molecule has 0 aliphatic rings. The van der Waals surface area contributed by atoms with Gasteiger partial charge in [-0.15, -0.1) is 0 Å². The molecule has 4 heterocycles. The van der Waals surface area contributed by atoms with Gasteiger partial charge in [0.15, 0.2) is 0 Å². The van der Waals surface area contributed by atoms with Crippen molar-refractivity contribution in [3.8, 4) is 0 Å². The molecule has 0 saturated carbocycles. The number of nitrogens with zero attached hydrogens (tertiary/aromatic N) is 3. The number of carbonyl (C=O) groups excluding carboxylic acids is 1. The number of methoxy groups -OCH3 is 1. The Hall–Kier alpha value is -3.72. The number of nitrogens with two attached hydrogens (primary N) is 1. The van der Waals surface area contributed by atoms with Gasteiger partial charge >= 0.3 is 0 Å². The Labute approximate surface area is 171 Å². The van der Waals surface area contributed by atoms with Crippen molar-refractivity contribution in [1.29, 1.82) is 0 Å². The maximum Gasteiger partial charge on any atom is 0.278 e. The number of nitrogens with one attached hydrogen (secondary N) is 1. The lowest BCUT2D eigenvalue weighted by molar-refractivity contribution is -0.651. The van der Waals surface area contributed by atoms with Gasteiger partial charge in [-0.3, -0.25) is 14.0 Å². The third kappa shape index (κ3) is 3.39. The van der Waals surface area contributed by atoms with Crippen LogP contribution < -0.4 is 21.2 Å². The summed E-state index contributed by atoms with van der Waals surface area (Å²) in [7, 11) is 1.55. The highest BCUT2D eigenvalue weighted by Gasteiger charge is 2.25. The number of amides is 1. The summed E-state index contributed by atoms with van der Waals surface area (Å²) in [5.41, 5.74) is 8.06. The molecule has 154 valence electrons. The second kappa shape index (κ2) is 7.96. The van der Waals surface area contributed by atoms with E-state index in [4.69, 9.17) is 19.9 Å². The van der Waals surface area contributed by atoms with E-state index in [-0.39, 0.29) is 28.9 Å². The molecule has 0 unspecified atom stereocenters. The van der Waals surface area contributed by atoms with Gasteiger partial charge in [0.25, 0.3) is 17.1 Å². The van der Waals surface area contributed by atoms with Gasteiger partial charge in [-0.05, 0) is 31.2 Å². The van der Waals surface area contributed by atoms with Crippen LogP contribution in [0.25, 0.3) is 16.7 Å². The van der Waals surface area contributed by atoms with Gasteiger partial charge in [-0.2, -0.15) is 0 Å². The number of nitrogen functional groups attached to an aromatic ring is 1. The van der Waals surface area contributed by atoms with E-state index in [1.807, 2.05) is 13.0 Å². The highest BCUT2D eigenvalue weighted by atomic mass is 16.5. The zero-order valence-electron chi connectivity index (χ0n) is 16.7. The molecule has 1 amide bonds. The molecular weight excluding hydrogens is 386 g/mol. The molecule has 4 aromatic rings. The first-order valence-corrected chi connectivity index (χ1v) is 9.44. The molecule has 30 heavy (non-hydrogen) atoms. The highest BCUT2D eigenvalue weighted by molar-refractivity contribution is 6.00. The predicted octanol–water partition coefficient (Wildman–Crippen LogP) is 1.04. The molecule has 0 atom stereocenters. The fourth-order valence-electron chi connectivity index (χ4n) is 3.37. The van der Waals surface area contributed by atoms with E-state index in [0.29, 0.717) is 30.2 Å². The van der Waals surface area contributed by atoms with E-state index in [1.54, 1.807) is 42.3 Å². The van der Waals surface area contributed by atoms with Gasteiger partial charge in [-0.1, -0.05) is 11.1 Å². The van der Waals surface area contributed by atoms with Crippen molar-refractivity contribution in [3.05, 3.63) is 70.0 Å². The number of furan rings is 1. The fraction of sp³-hybridized carbons (Fsp3) is 0.238. The van der Waals surface area contributed by atoms with E-state index < -0.39 is 5.91 Å². The average molecular weight is 408 g/mol. The molecular formula is C21H22N5O4+. The number of aryl methyl sites for hydroxylation is 1. The largest absolute Gasteiger partial charge is 0.466 e. The van der Waals surface area contributed by atoms with Gasteiger partial charge in [0.05, 0.1) is 12.9 Å². The third-order valence-corrected chi connectivity index (χ3v) is 4.91. The number of rotatable bonds is 6. The van der Waals surface area contributed by atoms with Gasteiger partial charge in [0.1, 0.15) is 23.3 Å². The number of hydrogen-bond acceptors (Lipinski definition) is 6. The standard InChI is InChI=1S/C21H21N5O4/c1-13-5-3-8-25-18(13)24-19-16(21(25)28)11-15(20(27)23-7-10-29-2)17(22)26(19)12-14-6-4-9-30-14/h3-6,8-9,11,22H,7,10,12H2,1-2H3,(H,23,27)/p+1. The lowest BCUT2D eigenvalue weighted by Gasteiger charge is -2.12. The van der Waals surface area contributed by atoms with Crippen LogP contribution in [0.3, 0.4) is 0 Å². The molecule has 4 aromatic heterocycles. The van der Waals surface area contributed by atoms with Crippen molar-refractivity contribution in [2.75, 3.05) is 26.0 Å². The van der Waals surface area contributed by atoms with Crippen LogP contribution in [0.2, 0.25) is 0 Å². The number of fused-ring (bicyclic) bond motifs is 2. The van der Waals surface area contributed by atoms with Crippen LogP contribution in [0.5, 0.6) is 0 Å². The van der Waals surface area contributed by atoms with Crippen LogP contribution in [-0.4, -0.2) is 35.6 Å². The summed E-state index contributed by atoms with van der Waals surface area (Å²) >= 11 is 0. The summed E-state index contributed by atoms with van der Waals surface area (Å²) in [6.07, 6.45) is 3.21. The molecule has 0 bridgehead atoms. The maximum absolute atomic E-state index is 13.2. The van der Waals surface area contributed by atoms with E-state index in [2.05, 4.69) is 5.32 Å². The third-order valence-electron chi connectivity index (χ3n) is 4.91. The summed E-state index contributed by atoms with van der Waals surface area (Å²) in [4.78, 5) is 30.7. The molecule has 4 rings (SSSR count). The molecule has 9 heteroatoms. The van der Waals surface area contributed by atoms with Crippen LogP contribution in [0.15, 0.2) is 52.0 Å². The summed E-state index contributed by atoms with van der Waals surface area (Å²) < 4.78 is 13.5. The average Bonchev–Trinajstić information content (AvgIpc) is 3.24. The lowest BCUT2D eigenvalue weighted by atomic mass is 10.1. The van der Waals surface area contributed by atoms with Crippen molar-refractivity contribution in [2.45, 2.75) is 13.5 Å². The molecule has 9 nitrogen and oxygen atoms in total. The predicted molar refractivity (Wildman–Crippen MR) is 110 cm³/mol. The Morgan fingerprint density at radius 2 is 2.20 bits per heavy atom. The Kier molecular flexibility index (Phi) is 5.20. The number of hydrogen-bond donors (Lipinski definition) is 2. The van der Waals surface area contributed by atoms with Crippen molar-refractivity contribution in [3.63, 3.8) is 0 Å². The first-order valence-electron chi connectivity index (χ1n) is 9.44. The first kappa shape index (κ1) is 19.6. The van der Waals surface area contributed by atoms with Crippen LogP contribution >= 0.6 is 0 Å². The Balaban J connectivity index is 1.99. The van der Waals surface area contributed by atoms with Crippen molar-refractivity contribution < 1.29 is 18.5 Å². The van der Waals surface area contributed by atoms with Gasteiger partial charge in [-0.25, -0.2) is 4.57 Å². The SMILES string of the molecule is COCCNC(=O)c1cc2c(=O)n3cccc(C)c3nc2[n+](Cc2ccco2)c1N. The summed E-state index contributed by atoms with van der Waals surface area (Å²) in [5.74, 6) is 0.420. The van der Waals surface area contributed by atoms with Crippen molar-refractivity contribution in [1.82, 2.24) is 14.7 Å². The van der Waals surface area contributed by atoms with Gasteiger partial charge in [0.2, 0.25) is 11.5 Å². The van der Waals surface area contributed by atoms with E-state index >= 15 is 0 Å². The molecule has 0 fully saturated rings.